The third-order valence-electron chi connectivity index (χ3n) is 3.32. The average molecular weight is 212 g/mol. The molecule has 1 N–H and O–H groups in total. The molecule has 2 unspecified atom stereocenters. The van der Waals surface area contributed by atoms with Gasteiger partial charge in [0.1, 0.15) is 0 Å². The fraction of sp³-hybridized carbons (Fsp3) is 1.00. The highest BCUT2D eigenvalue weighted by Crippen LogP contribution is 2.32. The van der Waals surface area contributed by atoms with E-state index in [1.54, 1.807) is 0 Å². The fourth-order valence-electron chi connectivity index (χ4n) is 2.57. The molecule has 15 heavy (non-hydrogen) atoms. The Bertz CT molecular complexity index is 183. The van der Waals surface area contributed by atoms with Crippen LogP contribution in [0.5, 0.6) is 0 Å². The Morgan fingerprint density at radius 3 is 2.33 bits per heavy atom. The molecule has 0 heterocycles. The van der Waals surface area contributed by atoms with Crippen molar-refractivity contribution in [3.63, 3.8) is 0 Å². The van der Waals surface area contributed by atoms with Crippen molar-refractivity contribution < 1.29 is 0 Å². The van der Waals surface area contributed by atoms with Gasteiger partial charge in [-0.05, 0) is 44.3 Å². The largest absolute Gasteiger partial charge is 0.317 e. The molecule has 0 radical (unpaired) electrons. The first kappa shape index (κ1) is 13.0. The molecular formula is C13H28N2. The van der Waals surface area contributed by atoms with E-state index >= 15 is 0 Å². The monoisotopic (exact) mass is 212 g/mol. The summed E-state index contributed by atoms with van der Waals surface area (Å²) < 4.78 is 0. The topological polar surface area (TPSA) is 15.3 Å². The molecule has 2 nitrogen and oxygen atoms in total. The Morgan fingerprint density at radius 1 is 1.27 bits per heavy atom. The molecule has 1 saturated carbocycles. The summed E-state index contributed by atoms with van der Waals surface area (Å²) in [5.74, 6) is 0.886. The van der Waals surface area contributed by atoms with Gasteiger partial charge in [-0.15, -0.1) is 0 Å². The van der Waals surface area contributed by atoms with Gasteiger partial charge < -0.3 is 10.2 Å². The molecule has 0 aromatic rings. The van der Waals surface area contributed by atoms with Crippen LogP contribution < -0.4 is 5.32 Å². The summed E-state index contributed by atoms with van der Waals surface area (Å²) in [6, 6.07) is 0.822. The first-order chi connectivity index (χ1) is 6.94. The molecule has 0 saturated heterocycles. The van der Waals surface area contributed by atoms with Crippen molar-refractivity contribution in [2.75, 3.05) is 26.7 Å². The van der Waals surface area contributed by atoms with E-state index in [2.05, 4.69) is 45.0 Å². The van der Waals surface area contributed by atoms with Gasteiger partial charge in [-0.25, -0.2) is 0 Å². The zero-order chi connectivity index (χ0) is 11.5. The summed E-state index contributed by atoms with van der Waals surface area (Å²) in [5.41, 5.74) is 0.424. The Kier molecular flexibility index (Phi) is 4.60. The third-order valence-corrected chi connectivity index (χ3v) is 3.32. The molecule has 90 valence electrons. The van der Waals surface area contributed by atoms with E-state index in [9.17, 15) is 0 Å². The molecular weight excluding hydrogens is 184 g/mol. The van der Waals surface area contributed by atoms with Gasteiger partial charge in [-0.1, -0.05) is 27.7 Å². The third kappa shape index (κ3) is 4.12. The van der Waals surface area contributed by atoms with Crippen LogP contribution in [0, 0.1) is 11.3 Å². The molecule has 0 aromatic carbocycles. The SMILES string of the molecule is CCNCC1CCC1N(C)CC(C)(C)C. The summed E-state index contributed by atoms with van der Waals surface area (Å²) in [6.45, 7) is 12.7. The van der Waals surface area contributed by atoms with Crippen LogP contribution in [-0.4, -0.2) is 37.6 Å². The quantitative estimate of drug-likeness (QED) is 0.752. The highest BCUT2D eigenvalue weighted by atomic mass is 15.2. The van der Waals surface area contributed by atoms with E-state index < -0.39 is 0 Å². The summed E-state index contributed by atoms with van der Waals surface area (Å²) >= 11 is 0. The second-order valence-corrected chi connectivity index (χ2v) is 6.19. The van der Waals surface area contributed by atoms with Crippen LogP contribution in [0.2, 0.25) is 0 Å². The second kappa shape index (κ2) is 5.31. The lowest BCUT2D eigenvalue weighted by molar-refractivity contribution is 0.0587. The number of rotatable bonds is 5. The first-order valence-electron chi connectivity index (χ1n) is 6.35. The number of nitrogens with one attached hydrogen (secondary N) is 1. The minimum atomic E-state index is 0.424. The molecule has 0 amide bonds. The molecule has 1 aliphatic rings. The molecule has 1 rings (SSSR count). The van der Waals surface area contributed by atoms with Crippen LogP contribution in [0.25, 0.3) is 0 Å². The zero-order valence-corrected chi connectivity index (χ0v) is 11.1. The van der Waals surface area contributed by atoms with Crippen molar-refractivity contribution >= 4 is 0 Å². The second-order valence-electron chi connectivity index (χ2n) is 6.19. The Labute approximate surface area is 95.4 Å². The van der Waals surface area contributed by atoms with Crippen LogP contribution in [0.15, 0.2) is 0 Å². The van der Waals surface area contributed by atoms with E-state index in [4.69, 9.17) is 0 Å². The predicted molar refractivity (Wildman–Crippen MR) is 67.1 cm³/mol. The predicted octanol–water partition coefficient (Wildman–Crippen LogP) is 2.35. The number of hydrogen-bond donors (Lipinski definition) is 1. The average Bonchev–Trinajstić information content (AvgIpc) is 1.98. The summed E-state index contributed by atoms with van der Waals surface area (Å²) in [4.78, 5) is 2.56. The first-order valence-corrected chi connectivity index (χ1v) is 6.35. The van der Waals surface area contributed by atoms with Crippen LogP contribution in [0.3, 0.4) is 0 Å². The van der Waals surface area contributed by atoms with Crippen molar-refractivity contribution in [1.29, 1.82) is 0 Å². The molecule has 2 atom stereocenters. The van der Waals surface area contributed by atoms with E-state index in [-0.39, 0.29) is 0 Å². The molecule has 0 bridgehead atoms. The smallest absolute Gasteiger partial charge is 0.0133 e. The van der Waals surface area contributed by atoms with E-state index in [0.29, 0.717) is 5.41 Å². The van der Waals surface area contributed by atoms with Gasteiger partial charge in [0, 0.05) is 12.6 Å². The van der Waals surface area contributed by atoms with Crippen molar-refractivity contribution in [3.05, 3.63) is 0 Å². The normalized spacial score (nSPS) is 26.8. The molecule has 1 aliphatic carbocycles. The van der Waals surface area contributed by atoms with E-state index in [0.717, 1.165) is 18.5 Å². The lowest BCUT2D eigenvalue weighted by atomic mass is 9.77. The zero-order valence-electron chi connectivity index (χ0n) is 11.1. The summed E-state index contributed by atoms with van der Waals surface area (Å²) in [6.07, 6.45) is 2.80. The number of nitrogens with zero attached hydrogens (tertiary/aromatic N) is 1. The highest BCUT2D eigenvalue weighted by Gasteiger charge is 2.34. The maximum atomic E-state index is 3.47. The molecule has 2 heteroatoms. The van der Waals surface area contributed by atoms with Crippen molar-refractivity contribution in [2.24, 2.45) is 11.3 Å². The molecule has 1 fully saturated rings. The lowest BCUT2D eigenvalue weighted by Crippen LogP contribution is -2.50. The van der Waals surface area contributed by atoms with Crippen LogP contribution in [0.4, 0.5) is 0 Å². The minimum absolute atomic E-state index is 0.424. The van der Waals surface area contributed by atoms with Gasteiger partial charge in [0.05, 0.1) is 0 Å². The molecule has 0 spiro atoms. The maximum absolute atomic E-state index is 3.47. The summed E-state index contributed by atoms with van der Waals surface area (Å²) in [7, 11) is 2.29. The van der Waals surface area contributed by atoms with Crippen molar-refractivity contribution in [1.82, 2.24) is 10.2 Å². The molecule has 0 aromatic heterocycles. The van der Waals surface area contributed by atoms with Crippen molar-refractivity contribution in [2.45, 2.75) is 46.6 Å². The van der Waals surface area contributed by atoms with Gasteiger partial charge >= 0.3 is 0 Å². The Morgan fingerprint density at radius 2 is 1.93 bits per heavy atom. The number of hydrogen-bond acceptors (Lipinski definition) is 2. The standard InChI is InChI=1S/C13H28N2/c1-6-14-9-11-7-8-12(11)15(5)10-13(2,3)4/h11-12,14H,6-10H2,1-5H3. The van der Waals surface area contributed by atoms with Crippen LogP contribution in [-0.2, 0) is 0 Å². The highest BCUT2D eigenvalue weighted by molar-refractivity contribution is 4.89. The van der Waals surface area contributed by atoms with Gasteiger partial charge in [0.2, 0.25) is 0 Å². The van der Waals surface area contributed by atoms with Gasteiger partial charge in [0.25, 0.3) is 0 Å². The van der Waals surface area contributed by atoms with Gasteiger partial charge in [0.15, 0.2) is 0 Å². The van der Waals surface area contributed by atoms with Crippen LogP contribution >= 0.6 is 0 Å². The fourth-order valence-corrected chi connectivity index (χ4v) is 2.57. The summed E-state index contributed by atoms with van der Waals surface area (Å²) in [5, 5.41) is 3.47. The van der Waals surface area contributed by atoms with E-state index in [1.807, 2.05) is 0 Å². The van der Waals surface area contributed by atoms with Gasteiger partial charge in [-0.2, -0.15) is 0 Å². The van der Waals surface area contributed by atoms with Crippen LogP contribution in [0.1, 0.15) is 40.5 Å². The Balaban J connectivity index is 2.30. The van der Waals surface area contributed by atoms with E-state index in [1.165, 1.54) is 25.9 Å². The van der Waals surface area contributed by atoms with Crippen molar-refractivity contribution in [3.8, 4) is 0 Å². The van der Waals surface area contributed by atoms with Gasteiger partial charge in [-0.3, -0.25) is 0 Å². The maximum Gasteiger partial charge on any atom is 0.0133 e. The Hall–Kier alpha value is -0.0800. The minimum Gasteiger partial charge on any atom is -0.317 e. The lowest BCUT2D eigenvalue weighted by Gasteiger charge is -2.45. The molecule has 0 aliphatic heterocycles.